The molecule has 24 heavy (non-hydrogen) atoms. The van der Waals surface area contributed by atoms with Crippen LogP contribution in [0, 0.1) is 18.6 Å². The molecule has 0 amide bonds. The Balaban J connectivity index is 1.57. The molecule has 3 rings (SSSR count). The molecule has 0 aliphatic carbocycles. The van der Waals surface area contributed by atoms with Crippen molar-refractivity contribution < 1.29 is 8.78 Å². The second-order valence-electron chi connectivity index (χ2n) is 6.30. The van der Waals surface area contributed by atoms with E-state index in [9.17, 15) is 8.78 Å². The molecule has 0 unspecified atom stereocenters. The average molecular weight is 332 g/mol. The Labute approximate surface area is 141 Å². The van der Waals surface area contributed by atoms with Gasteiger partial charge < -0.3 is 0 Å². The largest absolute Gasteiger partial charge is 0.295 e. The van der Waals surface area contributed by atoms with Gasteiger partial charge in [-0.2, -0.15) is 0 Å². The summed E-state index contributed by atoms with van der Waals surface area (Å²) in [7, 11) is 0. The van der Waals surface area contributed by atoms with Crippen LogP contribution in [0.3, 0.4) is 0 Å². The quantitative estimate of drug-likeness (QED) is 0.862. The third-order valence-corrected chi connectivity index (χ3v) is 4.59. The van der Waals surface area contributed by atoms with Crippen LogP contribution in [0.5, 0.6) is 0 Å². The van der Waals surface area contributed by atoms with Crippen molar-refractivity contribution in [1.82, 2.24) is 19.8 Å². The average Bonchev–Trinajstić information content (AvgIpc) is 2.57. The molecule has 6 heteroatoms. The Morgan fingerprint density at radius 3 is 2.46 bits per heavy atom. The molecule has 4 nitrogen and oxygen atoms in total. The maximum Gasteiger partial charge on any atom is 0.130 e. The lowest BCUT2D eigenvalue weighted by atomic mass is 10.1. The van der Waals surface area contributed by atoms with E-state index in [-0.39, 0.29) is 6.04 Å². The standard InChI is InChI=1S/C18H22F2N4/c1-13-10-22-16(11-21-13)12-23-5-7-24(8-6-23)14(2)17-4-3-15(19)9-18(17)20/h3-4,9-11,14H,5-8,12H2,1-2H3/t14-/m1/s1. The van der Waals surface area contributed by atoms with Crippen LogP contribution in [0.4, 0.5) is 8.78 Å². The van der Waals surface area contributed by atoms with Gasteiger partial charge in [-0.1, -0.05) is 6.07 Å². The lowest BCUT2D eigenvalue weighted by Crippen LogP contribution is -2.46. The van der Waals surface area contributed by atoms with Crippen LogP contribution in [-0.4, -0.2) is 45.9 Å². The highest BCUT2D eigenvalue weighted by atomic mass is 19.1. The number of rotatable bonds is 4. The summed E-state index contributed by atoms with van der Waals surface area (Å²) in [4.78, 5) is 13.2. The molecule has 0 saturated carbocycles. The van der Waals surface area contributed by atoms with Crippen molar-refractivity contribution in [3.05, 3.63) is 59.2 Å². The summed E-state index contributed by atoms with van der Waals surface area (Å²) in [5, 5.41) is 0. The molecule has 0 N–H and O–H groups in total. The first kappa shape index (κ1) is 16.9. The minimum Gasteiger partial charge on any atom is -0.295 e. The summed E-state index contributed by atoms with van der Waals surface area (Å²) in [6, 6.07) is 3.76. The van der Waals surface area contributed by atoms with E-state index in [0.29, 0.717) is 5.56 Å². The van der Waals surface area contributed by atoms with Crippen molar-refractivity contribution in [2.75, 3.05) is 26.2 Å². The second kappa shape index (κ2) is 7.32. The molecule has 1 fully saturated rings. The Morgan fingerprint density at radius 2 is 1.83 bits per heavy atom. The molecule has 2 heterocycles. The van der Waals surface area contributed by atoms with E-state index in [1.165, 1.54) is 6.07 Å². The lowest BCUT2D eigenvalue weighted by molar-refractivity contribution is 0.0956. The first-order valence-electron chi connectivity index (χ1n) is 8.22. The van der Waals surface area contributed by atoms with Gasteiger partial charge in [-0.15, -0.1) is 0 Å². The van der Waals surface area contributed by atoms with Gasteiger partial charge in [-0.05, 0) is 19.9 Å². The molecule has 1 saturated heterocycles. The SMILES string of the molecule is Cc1cnc(CN2CCN([C@H](C)c3ccc(F)cc3F)CC2)cn1. The van der Waals surface area contributed by atoms with E-state index >= 15 is 0 Å². The first-order valence-corrected chi connectivity index (χ1v) is 8.22. The Hall–Kier alpha value is -1.92. The fraction of sp³-hybridized carbons (Fsp3) is 0.444. The number of nitrogens with zero attached hydrogens (tertiary/aromatic N) is 4. The highest BCUT2D eigenvalue weighted by Crippen LogP contribution is 2.24. The predicted molar refractivity (Wildman–Crippen MR) is 88.4 cm³/mol. The van der Waals surface area contributed by atoms with Crippen LogP contribution in [0.2, 0.25) is 0 Å². The van der Waals surface area contributed by atoms with Gasteiger partial charge in [0.25, 0.3) is 0 Å². The fourth-order valence-electron chi connectivity index (χ4n) is 3.08. The maximum absolute atomic E-state index is 14.0. The van der Waals surface area contributed by atoms with Crippen molar-refractivity contribution in [3.8, 4) is 0 Å². The van der Waals surface area contributed by atoms with Gasteiger partial charge in [-0.25, -0.2) is 8.78 Å². The zero-order valence-electron chi connectivity index (χ0n) is 14.0. The van der Waals surface area contributed by atoms with Gasteiger partial charge in [0, 0.05) is 62.8 Å². The minimum atomic E-state index is -0.535. The molecule has 128 valence electrons. The minimum absolute atomic E-state index is 0.0630. The fourth-order valence-corrected chi connectivity index (χ4v) is 3.08. The summed E-state index contributed by atoms with van der Waals surface area (Å²) in [5.74, 6) is -1.01. The molecular weight excluding hydrogens is 310 g/mol. The molecular formula is C18H22F2N4. The maximum atomic E-state index is 14.0. The van der Waals surface area contributed by atoms with Crippen LogP contribution >= 0.6 is 0 Å². The van der Waals surface area contributed by atoms with Gasteiger partial charge in [0.2, 0.25) is 0 Å². The van der Waals surface area contributed by atoms with Crippen LogP contribution in [0.1, 0.15) is 29.9 Å². The van der Waals surface area contributed by atoms with Crippen molar-refractivity contribution in [2.24, 2.45) is 0 Å². The van der Waals surface area contributed by atoms with E-state index in [2.05, 4.69) is 19.8 Å². The highest BCUT2D eigenvalue weighted by molar-refractivity contribution is 5.22. The zero-order valence-corrected chi connectivity index (χ0v) is 14.0. The van der Waals surface area contributed by atoms with Gasteiger partial charge in [-0.3, -0.25) is 19.8 Å². The number of hydrogen-bond acceptors (Lipinski definition) is 4. The molecule has 2 aromatic rings. The number of benzene rings is 1. The first-order chi connectivity index (χ1) is 11.5. The van der Waals surface area contributed by atoms with Gasteiger partial charge >= 0.3 is 0 Å². The number of piperazine rings is 1. The Morgan fingerprint density at radius 1 is 1.08 bits per heavy atom. The smallest absolute Gasteiger partial charge is 0.130 e. The number of hydrogen-bond donors (Lipinski definition) is 0. The van der Waals surface area contributed by atoms with Crippen LogP contribution in [-0.2, 0) is 6.54 Å². The van der Waals surface area contributed by atoms with Crippen LogP contribution < -0.4 is 0 Å². The number of halogens is 2. The normalized spacial score (nSPS) is 17.8. The molecule has 0 bridgehead atoms. The predicted octanol–water partition coefficient (Wildman–Crippen LogP) is 2.94. The van der Waals surface area contributed by atoms with Crippen molar-refractivity contribution in [1.29, 1.82) is 0 Å². The van der Waals surface area contributed by atoms with E-state index in [4.69, 9.17) is 0 Å². The van der Waals surface area contributed by atoms with Crippen molar-refractivity contribution in [3.63, 3.8) is 0 Å². The van der Waals surface area contributed by atoms with E-state index in [1.807, 2.05) is 20.0 Å². The Kier molecular flexibility index (Phi) is 5.16. The summed E-state index contributed by atoms with van der Waals surface area (Å²) < 4.78 is 27.0. The molecule has 0 radical (unpaired) electrons. The highest BCUT2D eigenvalue weighted by Gasteiger charge is 2.24. The third-order valence-electron chi connectivity index (χ3n) is 4.59. The van der Waals surface area contributed by atoms with Crippen LogP contribution in [0.25, 0.3) is 0 Å². The van der Waals surface area contributed by atoms with Crippen LogP contribution in [0.15, 0.2) is 30.6 Å². The third kappa shape index (κ3) is 3.94. The Bertz CT molecular complexity index is 682. The van der Waals surface area contributed by atoms with Crippen molar-refractivity contribution >= 4 is 0 Å². The number of aromatic nitrogens is 2. The lowest BCUT2D eigenvalue weighted by Gasteiger charge is -2.38. The van der Waals surface area contributed by atoms with Gasteiger partial charge in [0.05, 0.1) is 11.4 Å². The van der Waals surface area contributed by atoms with E-state index < -0.39 is 11.6 Å². The summed E-state index contributed by atoms with van der Waals surface area (Å²) in [5.41, 5.74) is 2.43. The topological polar surface area (TPSA) is 32.3 Å². The van der Waals surface area contributed by atoms with E-state index in [1.54, 1.807) is 12.3 Å². The number of aryl methyl sites for hydroxylation is 1. The summed E-state index contributed by atoms with van der Waals surface area (Å²) in [6.07, 6.45) is 3.60. The summed E-state index contributed by atoms with van der Waals surface area (Å²) >= 11 is 0. The second-order valence-corrected chi connectivity index (χ2v) is 6.30. The molecule has 1 aliphatic rings. The van der Waals surface area contributed by atoms with Gasteiger partial charge in [0.1, 0.15) is 11.6 Å². The molecule has 1 aromatic carbocycles. The monoisotopic (exact) mass is 332 g/mol. The molecule has 1 aromatic heterocycles. The molecule has 1 aliphatic heterocycles. The van der Waals surface area contributed by atoms with Crippen molar-refractivity contribution in [2.45, 2.75) is 26.4 Å². The summed E-state index contributed by atoms with van der Waals surface area (Å²) in [6.45, 7) is 8.14. The molecule has 1 atom stereocenters. The van der Waals surface area contributed by atoms with Gasteiger partial charge in [0.15, 0.2) is 0 Å². The van der Waals surface area contributed by atoms with E-state index in [0.717, 1.165) is 50.2 Å². The molecule has 0 spiro atoms. The zero-order chi connectivity index (χ0) is 17.1.